The average molecular weight is 568 g/mol. The summed E-state index contributed by atoms with van der Waals surface area (Å²) < 4.78 is 1.05. The van der Waals surface area contributed by atoms with Crippen LogP contribution in [-0.2, 0) is 11.2 Å². The van der Waals surface area contributed by atoms with Crippen LogP contribution < -0.4 is 0 Å². The number of imide groups is 1. The first kappa shape index (κ1) is 25.9. The zero-order valence-corrected chi connectivity index (χ0v) is 23.2. The summed E-state index contributed by atoms with van der Waals surface area (Å²) in [5.41, 5.74) is 5.50. The number of likely N-dealkylation sites (N-methyl/N-ethyl adjacent to an activating group) is 1. The van der Waals surface area contributed by atoms with Crippen molar-refractivity contribution >= 4 is 27.9 Å². The lowest BCUT2D eigenvalue weighted by Crippen LogP contribution is -2.37. The molecule has 0 radical (unpaired) electrons. The van der Waals surface area contributed by atoms with Gasteiger partial charge < -0.3 is 4.90 Å². The van der Waals surface area contributed by atoms with E-state index in [1.54, 1.807) is 11.9 Å². The molecule has 1 fully saturated rings. The van der Waals surface area contributed by atoms with E-state index in [0.717, 1.165) is 26.7 Å². The van der Waals surface area contributed by atoms with Crippen molar-refractivity contribution in [1.82, 2.24) is 9.80 Å². The Hall–Kier alpha value is -3.70. The number of carbonyl (C=O) groups excluding carboxylic acids is 2. The lowest BCUT2D eigenvalue weighted by atomic mass is 9.87. The Bertz CT molecular complexity index is 1390. The molecule has 0 aromatic heterocycles. The zero-order valence-electron chi connectivity index (χ0n) is 21.6. The molecule has 1 heterocycles. The highest BCUT2D eigenvalue weighted by molar-refractivity contribution is 9.10. The predicted octanol–water partition coefficient (Wildman–Crippen LogP) is 7.86. The summed E-state index contributed by atoms with van der Waals surface area (Å²) in [6.07, 6.45) is 0.968. The Morgan fingerprint density at radius 2 is 1.37 bits per heavy atom. The number of benzene rings is 4. The van der Waals surface area contributed by atoms with Crippen molar-refractivity contribution in [3.63, 3.8) is 0 Å². The van der Waals surface area contributed by atoms with Crippen LogP contribution in [0.4, 0.5) is 4.79 Å². The molecule has 0 bridgehead atoms. The highest BCUT2D eigenvalue weighted by atomic mass is 79.9. The van der Waals surface area contributed by atoms with Crippen molar-refractivity contribution in [2.45, 2.75) is 37.8 Å². The molecule has 0 spiro atoms. The topological polar surface area (TPSA) is 40.6 Å². The normalized spacial score (nSPS) is 18.0. The predicted molar refractivity (Wildman–Crippen MR) is 156 cm³/mol. The van der Waals surface area contributed by atoms with Gasteiger partial charge in [0.25, 0.3) is 0 Å². The van der Waals surface area contributed by atoms with Crippen molar-refractivity contribution in [1.29, 1.82) is 0 Å². The molecule has 3 atom stereocenters. The SMILES string of the molecule is C[C@@H]1[C@H](c2ccccc2)N(C(=O)C[C@H](Cc2ccccc2)c2ccc(-c3ccc(Br)cc3)cc2)C(=O)N1C. The van der Waals surface area contributed by atoms with Crippen LogP contribution in [0.1, 0.15) is 42.0 Å². The monoisotopic (exact) mass is 566 g/mol. The molecular weight excluding hydrogens is 536 g/mol. The van der Waals surface area contributed by atoms with Crippen molar-refractivity contribution in [2.75, 3.05) is 7.05 Å². The molecule has 1 aliphatic rings. The summed E-state index contributed by atoms with van der Waals surface area (Å²) in [6.45, 7) is 2.01. The van der Waals surface area contributed by atoms with E-state index in [4.69, 9.17) is 0 Å². The van der Waals surface area contributed by atoms with Gasteiger partial charge in [0.05, 0.1) is 12.1 Å². The van der Waals surface area contributed by atoms with Gasteiger partial charge in [0.1, 0.15) is 0 Å². The first-order chi connectivity index (χ1) is 18.4. The van der Waals surface area contributed by atoms with E-state index < -0.39 is 0 Å². The number of carbonyl (C=O) groups is 2. The quantitative estimate of drug-likeness (QED) is 0.228. The van der Waals surface area contributed by atoms with Gasteiger partial charge in [-0.25, -0.2) is 4.79 Å². The second kappa shape index (κ2) is 11.4. The third-order valence-corrected chi connectivity index (χ3v) is 8.10. The van der Waals surface area contributed by atoms with Gasteiger partial charge in [-0.2, -0.15) is 0 Å². The van der Waals surface area contributed by atoms with Gasteiger partial charge in [0.15, 0.2) is 0 Å². The Morgan fingerprint density at radius 3 is 1.97 bits per heavy atom. The van der Waals surface area contributed by atoms with Crippen molar-refractivity contribution < 1.29 is 9.59 Å². The van der Waals surface area contributed by atoms with Crippen LogP contribution in [-0.4, -0.2) is 34.8 Å². The van der Waals surface area contributed by atoms with E-state index in [1.807, 2.05) is 67.6 Å². The van der Waals surface area contributed by atoms with Crippen molar-refractivity contribution in [2.24, 2.45) is 0 Å². The first-order valence-corrected chi connectivity index (χ1v) is 13.8. The largest absolute Gasteiger partial charge is 0.327 e. The molecule has 5 rings (SSSR count). The van der Waals surface area contributed by atoms with E-state index in [-0.39, 0.29) is 36.4 Å². The van der Waals surface area contributed by atoms with Crippen LogP contribution in [0.5, 0.6) is 0 Å². The van der Waals surface area contributed by atoms with Crippen molar-refractivity contribution in [3.8, 4) is 11.1 Å². The van der Waals surface area contributed by atoms with Gasteiger partial charge >= 0.3 is 6.03 Å². The fourth-order valence-corrected chi connectivity index (χ4v) is 5.60. The Kier molecular flexibility index (Phi) is 7.75. The maximum absolute atomic E-state index is 13.9. The molecule has 4 nitrogen and oxygen atoms in total. The number of urea groups is 1. The number of hydrogen-bond donors (Lipinski definition) is 0. The Morgan fingerprint density at radius 1 is 0.816 bits per heavy atom. The molecule has 192 valence electrons. The second-order valence-electron chi connectivity index (χ2n) is 9.97. The van der Waals surface area contributed by atoms with Gasteiger partial charge in [-0.3, -0.25) is 9.69 Å². The molecular formula is C33H31BrN2O2. The summed E-state index contributed by atoms with van der Waals surface area (Å²) in [5, 5.41) is 0. The van der Waals surface area contributed by atoms with Gasteiger partial charge in [-0.15, -0.1) is 0 Å². The Balaban J connectivity index is 1.44. The molecule has 3 amide bonds. The minimum Gasteiger partial charge on any atom is -0.322 e. The van der Waals surface area contributed by atoms with Gasteiger partial charge in [-0.1, -0.05) is 113 Å². The van der Waals surface area contributed by atoms with E-state index in [9.17, 15) is 9.59 Å². The molecule has 0 N–H and O–H groups in total. The number of halogens is 1. The van der Waals surface area contributed by atoms with Crippen LogP contribution >= 0.6 is 15.9 Å². The smallest absolute Gasteiger partial charge is 0.322 e. The number of hydrogen-bond acceptors (Lipinski definition) is 2. The fraction of sp³-hybridized carbons (Fsp3) is 0.212. The Labute approximate surface area is 233 Å². The summed E-state index contributed by atoms with van der Waals surface area (Å²) in [6, 6.07) is 36.2. The third kappa shape index (κ3) is 5.44. The van der Waals surface area contributed by atoms with E-state index >= 15 is 0 Å². The molecule has 0 unspecified atom stereocenters. The molecule has 38 heavy (non-hydrogen) atoms. The highest BCUT2D eigenvalue weighted by Crippen LogP contribution is 2.37. The van der Waals surface area contributed by atoms with E-state index in [2.05, 4.69) is 64.5 Å². The highest BCUT2D eigenvalue weighted by Gasteiger charge is 2.45. The molecule has 0 saturated carbocycles. The van der Waals surface area contributed by atoms with Gasteiger partial charge in [0.2, 0.25) is 5.91 Å². The molecule has 1 saturated heterocycles. The second-order valence-corrected chi connectivity index (χ2v) is 10.9. The minimum absolute atomic E-state index is 0.0608. The number of nitrogens with zero attached hydrogens (tertiary/aromatic N) is 2. The maximum Gasteiger partial charge on any atom is 0.327 e. The average Bonchev–Trinajstić information content (AvgIpc) is 3.18. The van der Waals surface area contributed by atoms with Crippen LogP contribution in [0.2, 0.25) is 0 Å². The summed E-state index contributed by atoms with van der Waals surface area (Å²) >= 11 is 3.50. The summed E-state index contributed by atoms with van der Waals surface area (Å²) in [7, 11) is 1.78. The third-order valence-electron chi connectivity index (χ3n) is 7.57. The maximum atomic E-state index is 13.9. The molecule has 0 aliphatic carbocycles. The zero-order chi connectivity index (χ0) is 26.6. The molecule has 1 aliphatic heterocycles. The van der Waals surface area contributed by atoms with E-state index in [0.29, 0.717) is 6.42 Å². The lowest BCUT2D eigenvalue weighted by molar-refractivity contribution is -0.129. The van der Waals surface area contributed by atoms with E-state index in [1.165, 1.54) is 10.5 Å². The lowest BCUT2D eigenvalue weighted by Gasteiger charge is -2.26. The van der Waals surface area contributed by atoms with Crippen LogP contribution in [0.25, 0.3) is 11.1 Å². The molecule has 4 aromatic rings. The van der Waals surface area contributed by atoms with Gasteiger partial charge in [-0.05, 0) is 59.2 Å². The van der Waals surface area contributed by atoms with Crippen LogP contribution in [0.3, 0.4) is 0 Å². The standard InChI is InChI=1S/C33H31BrN2O2/c1-23-32(28-11-7-4-8-12-28)36(33(38)35(23)2)31(37)22-29(21-24-9-5-3-6-10-24)27-15-13-25(14-16-27)26-17-19-30(34)20-18-26/h3-20,23,29,32H,21-22H2,1-2H3/t23-,29+,32-/m1/s1. The first-order valence-electron chi connectivity index (χ1n) is 13.0. The summed E-state index contributed by atoms with van der Waals surface area (Å²) in [5.74, 6) is -0.202. The number of rotatable bonds is 7. The number of amides is 3. The van der Waals surface area contributed by atoms with Crippen molar-refractivity contribution in [3.05, 3.63) is 130 Å². The minimum atomic E-state index is -0.307. The molecule has 5 heteroatoms. The molecule has 4 aromatic carbocycles. The van der Waals surface area contributed by atoms with Gasteiger partial charge in [0, 0.05) is 17.9 Å². The fourth-order valence-electron chi connectivity index (χ4n) is 5.34. The van der Waals surface area contributed by atoms with Crippen LogP contribution in [0.15, 0.2) is 114 Å². The van der Waals surface area contributed by atoms with Crippen LogP contribution in [0, 0.1) is 0 Å². The summed E-state index contributed by atoms with van der Waals surface area (Å²) in [4.78, 5) is 30.3.